The summed E-state index contributed by atoms with van der Waals surface area (Å²) in [5.74, 6) is 1.28. The van der Waals surface area contributed by atoms with Crippen molar-refractivity contribution in [3.05, 3.63) is 36.2 Å². The molecule has 0 radical (unpaired) electrons. The second kappa shape index (κ2) is 6.15. The Morgan fingerprint density at radius 3 is 2.70 bits per heavy atom. The van der Waals surface area contributed by atoms with Gasteiger partial charge in [0.1, 0.15) is 0 Å². The van der Waals surface area contributed by atoms with Gasteiger partial charge in [0.15, 0.2) is 0 Å². The molecule has 0 spiro atoms. The number of hydrogen-bond acceptors (Lipinski definition) is 5. The fourth-order valence-electron chi connectivity index (χ4n) is 2.60. The number of aromatic nitrogens is 2. The van der Waals surface area contributed by atoms with Crippen LogP contribution >= 0.6 is 0 Å². The third-order valence-corrected chi connectivity index (χ3v) is 3.80. The number of benzene rings is 1. The zero-order chi connectivity index (χ0) is 13.8. The standard InChI is InChI=1S/C15H20N4O/c1-19(13-7-9-16-10-8-13)11-14-17-18-15(20-14)12-5-3-2-4-6-12/h2-6,13,16H,7-11H2,1H3. The van der Waals surface area contributed by atoms with E-state index in [4.69, 9.17) is 4.42 Å². The predicted molar refractivity (Wildman–Crippen MR) is 77.1 cm³/mol. The van der Waals surface area contributed by atoms with Crippen molar-refractivity contribution >= 4 is 0 Å². The third-order valence-electron chi connectivity index (χ3n) is 3.80. The number of rotatable bonds is 4. The zero-order valence-electron chi connectivity index (χ0n) is 11.7. The summed E-state index contributed by atoms with van der Waals surface area (Å²) in [7, 11) is 2.13. The highest BCUT2D eigenvalue weighted by atomic mass is 16.4. The molecule has 5 nitrogen and oxygen atoms in total. The minimum atomic E-state index is 0.597. The lowest BCUT2D eigenvalue weighted by atomic mass is 10.1. The summed E-state index contributed by atoms with van der Waals surface area (Å²) < 4.78 is 5.75. The van der Waals surface area contributed by atoms with E-state index < -0.39 is 0 Å². The molecule has 0 amide bonds. The van der Waals surface area contributed by atoms with Gasteiger partial charge in [-0.2, -0.15) is 0 Å². The molecule has 1 aliphatic rings. The van der Waals surface area contributed by atoms with Crippen molar-refractivity contribution in [1.29, 1.82) is 0 Å². The van der Waals surface area contributed by atoms with Crippen molar-refractivity contribution in [3.63, 3.8) is 0 Å². The molecule has 0 atom stereocenters. The highest BCUT2D eigenvalue weighted by Crippen LogP contribution is 2.19. The van der Waals surface area contributed by atoms with Gasteiger partial charge in [0.05, 0.1) is 6.54 Å². The van der Waals surface area contributed by atoms with Crippen molar-refractivity contribution in [2.75, 3.05) is 20.1 Å². The van der Waals surface area contributed by atoms with E-state index in [0.717, 1.165) is 18.7 Å². The molecule has 2 aromatic rings. The van der Waals surface area contributed by atoms with Crippen LogP contribution in [0.1, 0.15) is 18.7 Å². The van der Waals surface area contributed by atoms with E-state index in [9.17, 15) is 0 Å². The maximum Gasteiger partial charge on any atom is 0.247 e. The number of nitrogens with one attached hydrogen (secondary N) is 1. The van der Waals surface area contributed by atoms with E-state index in [-0.39, 0.29) is 0 Å². The molecule has 0 unspecified atom stereocenters. The molecule has 106 valence electrons. The Bertz CT molecular complexity index is 534. The summed E-state index contributed by atoms with van der Waals surface area (Å²) >= 11 is 0. The van der Waals surface area contributed by atoms with Gasteiger partial charge in [0.25, 0.3) is 0 Å². The van der Waals surface area contributed by atoms with Crippen LogP contribution in [-0.2, 0) is 6.54 Å². The van der Waals surface area contributed by atoms with Crippen LogP contribution in [0.2, 0.25) is 0 Å². The van der Waals surface area contributed by atoms with Gasteiger partial charge in [-0.15, -0.1) is 10.2 Å². The van der Waals surface area contributed by atoms with Gasteiger partial charge in [-0.3, -0.25) is 4.90 Å². The van der Waals surface area contributed by atoms with Gasteiger partial charge in [-0.25, -0.2) is 0 Å². The second-order valence-corrected chi connectivity index (χ2v) is 5.26. The molecule has 5 heteroatoms. The molecule has 0 bridgehead atoms. The van der Waals surface area contributed by atoms with Crippen molar-refractivity contribution in [1.82, 2.24) is 20.4 Å². The first kappa shape index (κ1) is 13.3. The third kappa shape index (κ3) is 3.05. The van der Waals surface area contributed by atoms with Crippen LogP contribution in [0, 0.1) is 0 Å². The summed E-state index contributed by atoms with van der Waals surface area (Å²) in [6.07, 6.45) is 2.35. The topological polar surface area (TPSA) is 54.2 Å². The molecule has 1 aromatic carbocycles. The lowest BCUT2D eigenvalue weighted by molar-refractivity contribution is 0.177. The van der Waals surface area contributed by atoms with Crippen LogP contribution in [0.15, 0.2) is 34.7 Å². The molecule has 20 heavy (non-hydrogen) atoms. The monoisotopic (exact) mass is 272 g/mol. The first-order valence-electron chi connectivity index (χ1n) is 7.11. The number of hydrogen-bond donors (Lipinski definition) is 1. The quantitative estimate of drug-likeness (QED) is 0.921. The van der Waals surface area contributed by atoms with Gasteiger partial charge in [-0.1, -0.05) is 18.2 Å². The van der Waals surface area contributed by atoms with Crippen LogP contribution in [0.25, 0.3) is 11.5 Å². The maximum atomic E-state index is 5.75. The van der Waals surface area contributed by atoms with E-state index in [2.05, 4.69) is 27.5 Å². The predicted octanol–water partition coefficient (Wildman–Crippen LogP) is 1.92. The Balaban J connectivity index is 1.65. The van der Waals surface area contributed by atoms with Crippen LogP contribution in [0.5, 0.6) is 0 Å². The molecule has 1 aliphatic heterocycles. The summed E-state index contributed by atoms with van der Waals surface area (Å²) in [6.45, 7) is 2.90. The van der Waals surface area contributed by atoms with Crippen LogP contribution in [-0.4, -0.2) is 41.3 Å². The first-order valence-corrected chi connectivity index (χ1v) is 7.11. The second-order valence-electron chi connectivity index (χ2n) is 5.26. The van der Waals surface area contributed by atoms with Crippen molar-refractivity contribution in [2.24, 2.45) is 0 Å². The molecule has 1 aromatic heterocycles. The van der Waals surface area contributed by atoms with Crippen molar-refractivity contribution < 1.29 is 4.42 Å². The zero-order valence-corrected chi connectivity index (χ0v) is 11.7. The fourth-order valence-corrected chi connectivity index (χ4v) is 2.60. The summed E-state index contributed by atoms with van der Waals surface area (Å²) in [5.41, 5.74) is 0.968. The summed E-state index contributed by atoms with van der Waals surface area (Å²) in [6, 6.07) is 10.5. The maximum absolute atomic E-state index is 5.75. The highest BCUT2D eigenvalue weighted by Gasteiger charge is 2.19. The van der Waals surface area contributed by atoms with E-state index in [1.165, 1.54) is 12.8 Å². The number of nitrogens with zero attached hydrogens (tertiary/aromatic N) is 3. The molecule has 1 fully saturated rings. The number of piperidine rings is 1. The average molecular weight is 272 g/mol. The molecule has 1 N–H and O–H groups in total. The minimum absolute atomic E-state index is 0.597. The van der Waals surface area contributed by atoms with Gasteiger partial charge >= 0.3 is 0 Å². The van der Waals surface area contributed by atoms with Gasteiger partial charge in [0.2, 0.25) is 11.8 Å². The average Bonchev–Trinajstić information content (AvgIpc) is 2.97. The Hall–Kier alpha value is -1.72. The van der Waals surface area contributed by atoms with Gasteiger partial charge < -0.3 is 9.73 Å². The normalized spacial score (nSPS) is 16.7. The highest BCUT2D eigenvalue weighted by molar-refractivity contribution is 5.51. The lowest BCUT2D eigenvalue weighted by Crippen LogP contribution is -2.40. The van der Waals surface area contributed by atoms with Crippen molar-refractivity contribution in [3.8, 4) is 11.5 Å². The molecule has 3 rings (SSSR count). The van der Waals surface area contributed by atoms with Gasteiger partial charge in [0, 0.05) is 11.6 Å². The molecule has 2 heterocycles. The summed E-state index contributed by atoms with van der Waals surface area (Å²) in [5, 5.41) is 11.7. The van der Waals surface area contributed by atoms with E-state index in [1.807, 2.05) is 30.3 Å². The Morgan fingerprint density at radius 2 is 1.95 bits per heavy atom. The largest absolute Gasteiger partial charge is 0.419 e. The smallest absolute Gasteiger partial charge is 0.247 e. The Morgan fingerprint density at radius 1 is 1.20 bits per heavy atom. The van der Waals surface area contributed by atoms with E-state index >= 15 is 0 Å². The Kier molecular flexibility index (Phi) is 4.08. The van der Waals surface area contributed by atoms with E-state index in [1.54, 1.807) is 0 Å². The summed E-state index contributed by atoms with van der Waals surface area (Å²) in [4.78, 5) is 2.31. The van der Waals surface area contributed by atoms with Gasteiger partial charge in [-0.05, 0) is 45.1 Å². The molecular formula is C15H20N4O. The van der Waals surface area contributed by atoms with E-state index in [0.29, 0.717) is 24.4 Å². The molecule has 0 saturated carbocycles. The minimum Gasteiger partial charge on any atom is -0.419 e. The lowest BCUT2D eigenvalue weighted by Gasteiger charge is -2.30. The van der Waals surface area contributed by atoms with Crippen molar-refractivity contribution in [2.45, 2.75) is 25.4 Å². The first-order chi connectivity index (χ1) is 9.83. The van der Waals surface area contributed by atoms with Crippen LogP contribution in [0.3, 0.4) is 0 Å². The molecule has 0 aliphatic carbocycles. The SMILES string of the molecule is CN(Cc1nnc(-c2ccccc2)o1)C1CCNCC1. The molecular weight excluding hydrogens is 252 g/mol. The van der Waals surface area contributed by atoms with Crippen LogP contribution < -0.4 is 5.32 Å². The Labute approximate surface area is 119 Å². The van der Waals surface area contributed by atoms with Crippen LogP contribution in [0.4, 0.5) is 0 Å². The molecule has 1 saturated heterocycles. The fraction of sp³-hybridized carbons (Fsp3) is 0.467.